The smallest absolute Gasteiger partial charge is 0.233 e. The van der Waals surface area contributed by atoms with Crippen molar-refractivity contribution in [3.05, 3.63) is 12.2 Å². The number of rotatable bonds is 8. The minimum atomic E-state index is -0.366. The molecule has 8 heteroatoms. The maximum Gasteiger partial charge on any atom is 0.233 e. The summed E-state index contributed by atoms with van der Waals surface area (Å²) in [4.78, 5) is 56.7. The Morgan fingerprint density at radius 2 is 0.941 bits per heavy atom. The first-order chi connectivity index (χ1) is 15.9. The second-order valence-corrected chi connectivity index (χ2v) is 12.4. The van der Waals surface area contributed by atoms with Crippen LogP contribution < -0.4 is 0 Å². The normalized spacial score (nSPS) is 38.4. The van der Waals surface area contributed by atoms with Crippen LogP contribution in [0.25, 0.3) is 0 Å². The van der Waals surface area contributed by atoms with Crippen molar-refractivity contribution in [2.45, 2.75) is 13.8 Å². The number of fused-ring (bicyclic) bond motifs is 1. The molecule has 0 aromatic heterocycles. The topological polar surface area (TPSA) is 74.8 Å². The largest absolute Gasteiger partial charge is 0.327 e. The van der Waals surface area contributed by atoms with Gasteiger partial charge in [0.2, 0.25) is 23.6 Å². The Morgan fingerprint density at radius 3 is 1.26 bits per heavy atom. The number of imide groups is 2. The third-order valence-corrected chi connectivity index (χ3v) is 10.1. The summed E-state index contributed by atoms with van der Waals surface area (Å²) in [5.41, 5.74) is 0. The zero-order chi connectivity index (χ0) is 24.7. The molecule has 0 unspecified atom stereocenters. The molecule has 4 amide bonds. The molecule has 2 saturated heterocycles. The second kappa shape index (κ2) is 7.72. The molecule has 8 nitrogen and oxygen atoms in total. The number of likely N-dealkylation sites (tertiary alicyclic amines) is 2. The molecule has 2 saturated carbocycles. The predicted molar refractivity (Wildman–Crippen MR) is 126 cm³/mol. The average Bonchev–Trinajstić information content (AvgIpc) is 3.15. The van der Waals surface area contributed by atoms with Crippen molar-refractivity contribution in [3.8, 4) is 0 Å². The van der Waals surface area contributed by atoms with Gasteiger partial charge in [-0.15, -0.1) is 0 Å². The summed E-state index contributed by atoms with van der Waals surface area (Å²) >= 11 is 0. The van der Waals surface area contributed by atoms with E-state index in [-0.39, 0.29) is 71.0 Å². The van der Waals surface area contributed by atoms with Crippen LogP contribution in [0.3, 0.4) is 0 Å². The number of carbonyl (C=O) groups excluding carboxylic acids is 4. The van der Waals surface area contributed by atoms with Crippen LogP contribution >= 0.6 is 0 Å². The average molecular weight is 473 g/mol. The Morgan fingerprint density at radius 1 is 0.618 bits per heavy atom. The maximum absolute atomic E-state index is 13.5. The summed E-state index contributed by atoms with van der Waals surface area (Å²) in [5, 5.41) is 0. The van der Waals surface area contributed by atoms with E-state index in [1.54, 1.807) is 0 Å². The summed E-state index contributed by atoms with van der Waals surface area (Å²) in [7, 11) is 8.42. The van der Waals surface area contributed by atoms with Crippen molar-refractivity contribution in [2.75, 3.05) is 67.5 Å². The highest BCUT2D eigenvalue weighted by Crippen LogP contribution is 2.68. The summed E-state index contributed by atoms with van der Waals surface area (Å²) in [6.45, 7) is 8.41. The third-order valence-electron chi connectivity index (χ3n) is 10.1. The standard InChI is InChI=1S/C26H40N4O4/c1-7-29(3,4)13-11-27-23(31)19-15-9-10-16(20(19)24(27)32)18-17(15)21-22(18)26(34)28(25(21)33)12-14-30(5,6)8-2/h9-10,15-22H,7-8,11-14H2,1-6H3/q+2/t15-,16+,17+,18-,19+,20-,21-,22-/m0/s1. The fraction of sp³-hybridized carbons (Fsp3) is 0.769. The Kier molecular flexibility index (Phi) is 5.37. The molecule has 0 aromatic rings. The van der Waals surface area contributed by atoms with Gasteiger partial charge in [0.1, 0.15) is 0 Å². The molecule has 2 aliphatic heterocycles. The van der Waals surface area contributed by atoms with Crippen molar-refractivity contribution in [2.24, 2.45) is 47.3 Å². The second-order valence-electron chi connectivity index (χ2n) is 12.4. The van der Waals surface area contributed by atoms with Crippen molar-refractivity contribution >= 4 is 23.6 Å². The first-order valence-corrected chi connectivity index (χ1v) is 13.0. The number of nitrogens with zero attached hydrogens (tertiary/aromatic N) is 4. The lowest BCUT2D eigenvalue weighted by atomic mass is 9.40. The minimum Gasteiger partial charge on any atom is -0.327 e. The molecule has 0 aromatic carbocycles. The van der Waals surface area contributed by atoms with E-state index in [9.17, 15) is 19.2 Å². The maximum atomic E-state index is 13.5. The van der Waals surface area contributed by atoms with Crippen LogP contribution in [0.2, 0.25) is 0 Å². The van der Waals surface area contributed by atoms with E-state index in [0.29, 0.717) is 13.1 Å². The molecular weight excluding hydrogens is 432 g/mol. The zero-order valence-electron chi connectivity index (χ0n) is 21.4. The first kappa shape index (κ1) is 23.7. The van der Waals surface area contributed by atoms with Crippen LogP contribution in [0, 0.1) is 47.3 Å². The molecule has 8 atom stereocenters. The van der Waals surface area contributed by atoms with Gasteiger partial charge < -0.3 is 8.97 Å². The van der Waals surface area contributed by atoms with Crippen molar-refractivity contribution in [3.63, 3.8) is 0 Å². The molecule has 4 fully saturated rings. The lowest BCUT2D eigenvalue weighted by molar-refractivity contribution is -0.887. The monoisotopic (exact) mass is 472 g/mol. The van der Waals surface area contributed by atoms with Gasteiger partial charge in [0, 0.05) is 0 Å². The zero-order valence-corrected chi connectivity index (χ0v) is 21.4. The first-order valence-electron chi connectivity index (χ1n) is 13.0. The Balaban J connectivity index is 1.36. The highest BCUT2D eigenvalue weighted by molar-refractivity contribution is 6.09. The number of hydrogen-bond acceptors (Lipinski definition) is 4. The lowest BCUT2D eigenvalue weighted by Gasteiger charge is -2.60. The van der Waals surface area contributed by atoms with Crippen molar-refractivity contribution < 1.29 is 28.1 Å². The quantitative estimate of drug-likeness (QED) is 0.292. The molecule has 0 spiro atoms. The number of amides is 4. The molecule has 2 heterocycles. The van der Waals surface area contributed by atoms with Crippen molar-refractivity contribution in [1.82, 2.24) is 9.80 Å². The van der Waals surface area contributed by atoms with E-state index < -0.39 is 0 Å². The highest BCUT2D eigenvalue weighted by atomic mass is 16.2. The van der Waals surface area contributed by atoms with Gasteiger partial charge in [-0.3, -0.25) is 29.0 Å². The van der Waals surface area contributed by atoms with Gasteiger partial charge in [-0.1, -0.05) is 12.2 Å². The van der Waals surface area contributed by atoms with E-state index in [4.69, 9.17) is 0 Å². The molecule has 6 aliphatic rings. The number of allylic oxidation sites excluding steroid dienone is 2. The SMILES string of the molecule is CC[N+](C)(C)CCN1C(=O)[C@@H]2[C@@H](C1=O)[C@@H]1[C@@H]3C=C[C@@H]([C@@H]4C(=O)N(CC[N+](C)(C)CC)C(=O)[C@H]34)[C@H]21. The van der Waals surface area contributed by atoms with Crippen LogP contribution in [0.4, 0.5) is 0 Å². The van der Waals surface area contributed by atoms with E-state index in [0.717, 1.165) is 35.1 Å². The van der Waals surface area contributed by atoms with Gasteiger partial charge in [0.25, 0.3) is 0 Å². The van der Waals surface area contributed by atoms with E-state index in [1.807, 2.05) is 0 Å². The molecule has 6 rings (SSSR count). The van der Waals surface area contributed by atoms with Crippen LogP contribution in [0.15, 0.2) is 12.2 Å². The molecule has 0 radical (unpaired) electrons. The van der Waals surface area contributed by atoms with Gasteiger partial charge in [0.15, 0.2) is 0 Å². The Bertz CT molecular complexity index is 916. The van der Waals surface area contributed by atoms with Gasteiger partial charge in [-0.2, -0.15) is 0 Å². The fourth-order valence-corrected chi connectivity index (χ4v) is 7.22. The molecule has 186 valence electrons. The van der Waals surface area contributed by atoms with Crippen molar-refractivity contribution in [1.29, 1.82) is 0 Å². The summed E-state index contributed by atoms with van der Waals surface area (Å²) in [5.74, 6) is -1.82. The van der Waals surface area contributed by atoms with E-state index in [2.05, 4.69) is 54.2 Å². The highest BCUT2D eigenvalue weighted by Gasteiger charge is 2.74. The summed E-state index contributed by atoms with van der Waals surface area (Å²) in [6.07, 6.45) is 4.17. The van der Waals surface area contributed by atoms with Crippen LogP contribution in [-0.2, 0) is 19.2 Å². The number of hydrogen-bond donors (Lipinski definition) is 0. The Labute approximate surface area is 202 Å². The summed E-state index contributed by atoms with van der Waals surface area (Å²) < 4.78 is 1.50. The molecule has 0 N–H and O–H groups in total. The van der Waals surface area contributed by atoms with Crippen LogP contribution in [-0.4, -0.2) is 110 Å². The molecule has 34 heavy (non-hydrogen) atoms. The minimum absolute atomic E-state index is 0.0101. The van der Waals surface area contributed by atoms with Crippen LogP contribution in [0.1, 0.15) is 13.8 Å². The number of quaternary nitrogens is 2. The van der Waals surface area contributed by atoms with Gasteiger partial charge in [-0.05, 0) is 37.5 Å². The van der Waals surface area contributed by atoms with Gasteiger partial charge in [0.05, 0.1) is 91.1 Å². The number of carbonyl (C=O) groups is 4. The fourth-order valence-electron chi connectivity index (χ4n) is 7.22. The van der Waals surface area contributed by atoms with E-state index in [1.165, 1.54) is 9.80 Å². The van der Waals surface area contributed by atoms with Gasteiger partial charge >= 0.3 is 0 Å². The third kappa shape index (κ3) is 3.17. The lowest BCUT2D eigenvalue weighted by Crippen LogP contribution is -2.63. The predicted octanol–water partition coefficient (Wildman–Crippen LogP) is 0.443. The molecular formula is C26H40N4O4+2. The van der Waals surface area contributed by atoms with Gasteiger partial charge in [-0.25, -0.2) is 0 Å². The van der Waals surface area contributed by atoms with Crippen LogP contribution in [0.5, 0.6) is 0 Å². The van der Waals surface area contributed by atoms with E-state index >= 15 is 0 Å². The Hall–Kier alpha value is -2.06. The molecule has 4 aliphatic carbocycles. The number of likely N-dealkylation sites (N-methyl/N-ethyl adjacent to an activating group) is 2. The molecule has 2 bridgehead atoms. The summed E-state index contributed by atoms with van der Waals surface area (Å²) in [6, 6.07) is 0.